The molecule has 4 N–H and O–H groups in total. The van der Waals surface area contributed by atoms with Crippen LogP contribution in [0.2, 0.25) is 5.02 Å². The number of fused-ring (bicyclic) bond motifs is 2. The summed E-state index contributed by atoms with van der Waals surface area (Å²) in [6.07, 6.45) is -1.43. The standard InChI is InChI=1S/C18H16ClNO3.C11H13NO2.C2HF3O2.HI/c1-23-18(22)12-7-6-11-8-9-16(14(11)10-12)20-17(21)13-4-2-3-5-15(13)19;1-14-11(13)8-3-2-7-4-5-10(12)9(7)6-8;3-2(4,5)1(6)7;/h2-7,10,16H,8-9H2,1H3,(H,20,21);2-3,6,10H,4-5,12H2,1H3;(H,6,7);1H. The zero-order chi connectivity index (χ0) is 32.6. The number of methoxy groups -OCH3 is 2. The minimum atomic E-state index is -5.08. The molecule has 3 aromatic rings. The van der Waals surface area contributed by atoms with Gasteiger partial charge in [-0.05, 0) is 84.3 Å². The molecule has 0 saturated heterocycles. The Labute approximate surface area is 279 Å². The molecule has 0 saturated carbocycles. The molecular weight excluding hydrogens is 732 g/mol. The summed E-state index contributed by atoms with van der Waals surface area (Å²) in [5.41, 5.74) is 11.9. The maximum Gasteiger partial charge on any atom is 0.490 e. The van der Waals surface area contributed by atoms with Crippen LogP contribution in [0.15, 0.2) is 60.7 Å². The number of hydrogen-bond donors (Lipinski definition) is 3. The highest BCUT2D eigenvalue weighted by atomic mass is 127. The van der Waals surface area contributed by atoms with E-state index < -0.39 is 12.1 Å². The quantitative estimate of drug-likeness (QED) is 0.210. The number of halogens is 5. The number of nitrogens with two attached hydrogens (primary N) is 1. The van der Waals surface area contributed by atoms with Gasteiger partial charge in [-0.2, -0.15) is 13.2 Å². The van der Waals surface area contributed by atoms with Crippen molar-refractivity contribution in [3.8, 4) is 0 Å². The van der Waals surface area contributed by atoms with Crippen LogP contribution in [-0.2, 0) is 27.1 Å². The number of carbonyl (C=O) groups excluding carboxylic acids is 3. The highest BCUT2D eigenvalue weighted by molar-refractivity contribution is 14.0. The van der Waals surface area contributed by atoms with Crippen molar-refractivity contribution < 1.29 is 46.9 Å². The summed E-state index contributed by atoms with van der Waals surface area (Å²) >= 11 is 6.07. The number of amides is 1. The van der Waals surface area contributed by atoms with Gasteiger partial charge in [-0.1, -0.05) is 35.9 Å². The molecule has 3 aromatic carbocycles. The van der Waals surface area contributed by atoms with Crippen molar-refractivity contribution in [3.05, 3.63) is 105 Å². The molecule has 0 fully saturated rings. The van der Waals surface area contributed by atoms with Crippen LogP contribution in [0.25, 0.3) is 0 Å². The fourth-order valence-corrected chi connectivity index (χ4v) is 4.98. The summed E-state index contributed by atoms with van der Waals surface area (Å²) in [6, 6.07) is 18.0. The Hall–Kier alpha value is -3.69. The summed E-state index contributed by atoms with van der Waals surface area (Å²) in [5, 5.41) is 10.5. The molecule has 0 spiro atoms. The zero-order valence-corrected chi connectivity index (χ0v) is 27.2. The van der Waals surface area contributed by atoms with Crippen molar-refractivity contribution in [3.63, 3.8) is 0 Å². The normalized spacial score (nSPS) is 15.8. The van der Waals surface area contributed by atoms with Gasteiger partial charge in [0.25, 0.3) is 5.91 Å². The van der Waals surface area contributed by atoms with Gasteiger partial charge in [0.15, 0.2) is 0 Å². The lowest BCUT2D eigenvalue weighted by Crippen LogP contribution is -2.27. The van der Waals surface area contributed by atoms with E-state index in [2.05, 4.69) is 10.1 Å². The summed E-state index contributed by atoms with van der Waals surface area (Å²) in [7, 11) is 2.74. The molecular formula is C31H31ClF3IN2O7. The molecule has 0 heterocycles. The van der Waals surface area contributed by atoms with Crippen LogP contribution in [0.3, 0.4) is 0 Å². The minimum absolute atomic E-state index is 0. The van der Waals surface area contributed by atoms with Crippen LogP contribution in [-0.4, -0.2) is 49.3 Å². The summed E-state index contributed by atoms with van der Waals surface area (Å²) in [6.45, 7) is 0. The van der Waals surface area contributed by atoms with E-state index in [0.717, 1.165) is 42.4 Å². The third-order valence-electron chi connectivity index (χ3n) is 7.00. The van der Waals surface area contributed by atoms with Gasteiger partial charge >= 0.3 is 24.1 Å². The first-order valence-electron chi connectivity index (χ1n) is 13.3. The van der Waals surface area contributed by atoms with Crippen LogP contribution in [0, 0.1) is 0 Å². The zero-order valence-electron chi connectivity index (χ0n) is 24.2. The molecule has 1 amide bonds. The number of rotatable bonds is 4. The Morgan fingerprint density at radius 1 is 0.867 bits per heavy atom. The smallest absolute Gasteiger partial charge is 0.475 e. The van der Waals surface area contributed by atoms with Gasteiger partial charge in [-0.15, -0.1) is 24.0 Å². The van der Waals surface area contributed by atoms with E-state index in [4.69, 9.17) is 32.0 Å². The van der Waals surface area contributed by atoms with Crippen molar-refractivity contribution in [2.75, 3.05) is 14.2 Å². The van der Waals surface area contributed by atoms with Crippen molar-refractivity contribution >= 4 is 59.4 Å². The van der Waals surface area contributed by atoms with Gasteiger partial charge in [0, 0.05) is 6.04 Å². The molecule has 2 unspecified atom stereocenters. The molecule has 0 aromatic heterocycles. The van der Waals surface area contributed by atoms with E-state index in [1.54, 1.807) is 42.5 Å². The van der Waals surface area contributed by atoms with Crippen LogP contribution in [0.4, 0.5) is 13.2 Å². The van der Waals surface area contributed by atoms with Gasteiger partial charge in [-0.3, -0.25) is 4.79 Å². The number of carboxylic acids is 1. The largest absolute Gasteiger partial charge is 0.490 e. The number of aryl methyl sites for hydroxylation is 2. The lowest BCUT2D eigenvalue weighted by atomic mass is 10.0. The van der Waals surface area contributed by atoms with Gasteiger partial charge in [-0.25, -0.2) is 14.4 Å². The SMILES string of the molecule is COC(=O)c1ccc2c(c1)C(N)CC2.COC(=O)c1ccc2c(c1)C(NC(=O)c1ccccc1Cl)CC2.I.O=C(O)C(F)(F)F. The van der Waals surface area contributed by atoms with Crippen molar-refractivity contribution in [2.45, 2.75) is 43.9 Å². The van der Waals surface area contributed by atoms with E-state index in [1.165, 1.54) is 19.8 Å². The third-order valence-corrected chi connectivity index (χ3v) is 7.33. The third kappa shape index (κ3) is 9.90. The summed E-state index contributed by atoms with van der Waals surface area (Å²) in [5.74, 6) is -3.65. The summed E-state index contributed by atoms with van der Waals surface area (Å²) in [4.78, 5) is 44.3. The Kier molecular flexibility index (Phi) is 13.8. The van der Waals surface area contributed by atoms with E-state index in [0.29, 0.717) is 21.7 Å². The first-order chi connectivity index (χ1) is 20.8. The van der Waals surface area contributed by atoms with E-state index >= 15 is 0 Å². The molecule has 45 heavy (non-hydrogen) atoms. The minimum Gasteiger partial charge on any atom is -0.475 e. The molecule has 2 atom stereocenters. The van der Waals surface area contributed by atoms with Crippen molar-refractivity contribution in [1.82, 2.24) is 5.32 Å². The second-order valence-electron chi connectivity index (χ2n) is 9.80. The predicted molar refractivity (Wildman–Crippen MR) is 170 cm³/mol. The molecule has 0 bridgehead atoms. The van der Waals surface area contributed by atoms with Crippen molar-refractivity contribution in [1.29, 1.82) is 0 Å². The Balaban J connectivity index is 0.000000273. The van der Waals surface area contributed by atoms with Crippen LogP contribution < -0.4 is 11.1 Å². The number of carboxylic acid groups (broad SMARTS) is 1. The fourth-order valence-electron chi connectivity index (χ4n) is 4.76. The highest BCUT2D eigenvalue weighted by Gasteiger charge is 2.38. The number of esters is 2. The number of ether oxygens (including phenoxy) is 2. The maximum absolute atomic E-state index is 12.4. The van der Waals surface area contributed by atoms with E-state index in [-0.39, 0.29) is 53.9 Å². The number of alkyl halides is 3. The average Bonchev–Trinajstić information content (AvgIpc) is 3.58. The lowest BCUT2D eigenvalue weighted by Gasteiger charge is -2.15. The number of benzene rings is 3. The van der Waals surface area contributed by atoms with Gasteiger partial charge < -0.3 is 25.6 Å². The highest BCUT2D eigenvalue weighted by Crippen LogP contribution is 2.33. The molecule has 2 aliphatic carbocycles. The topological polar surface area (TPSA) is 145 Å². The lowest BCUT2D eigenvalue weighted by molar-refractivity contribution is -0.192. The molecule has 14 heteroatoms. The molecule has 5 rings (SSSR count). The van der Waals surface area contributed by atoms with E-state index in [9.17, 15) is 27.6 Å². The predicted octanol–water partition coefficient (Wildman–Crippen LogP) is 6.21. The molecule has 0 radical (unpaired) electrons. The first kappa shape index (κ1) is 37.5. The molecule has 9 nitrogen and oxygen atoms in total. The Bertz CT molecular complexity index is 1550. The second-order valence-corrected chi connectivity index (χ2v) is 10.2. The molecule has 0 aliphatic heterocycles. The fraction of sp³-hybridized carbons (Fsp3) is 0.290. The van der Waals surface area contributed by atoms with Gasteiger partial charge in [0.05, 0.1) is 42.0 Å². The Morgan fingerprint density at radius 2 is 1.36 bits per heavy atom. The molecule has 242 valence electrons. The molecule has 2 aliphatic rings. The van der Waals surface area contributed by atoms with Crippen LogP contribution in [0.1, 0.15) is 78.3 Å². The van der Waals surface area contributed by atoms with Gasteiger partial charge in [0.1, 0.15) is 0 Å². The van der Waals surface area contributed by atoms with Crippen LogP contribution >= 0.6 is 35.6 Å². The number of aliphatic carboxylic acids is 1. The van der Waals surface area contributed by atoms with Crippen molar-refractivity contribution in [2.24, 2.45) is 5.73 Å². The number of nitrogens with one attached hydrogen (secondary N) is 1. The van der Waals surface area contributed by atoms with Crippen LogP contribution in [0.5, 0.6) is 0 Å². The van der Waals surface area contributed by atoms with E-state index in [1.807, 2.05) is 18.2 Å². The maximum atomic E-state index is 12.4. The summed E-state index contributed by atoms with van der Waals surface area (Å²) < 4.78 is 41.1. The Morgan fingerprint density at radius 3 is 1.87 bits per heavy atom. The monoisotopic (exact) mass is 762 g/mol. The number of hydrogen-bond acceptors (Lipinski definition) is 7. The average molecular weight is 763 g/mol. The number of carbonyl (C=O) groups is 4. The van der Waals surface area contributed by atoms with Gasteiger partial charge in [0.2, 0.25) is 0 Å². The second kappa shape index (κ2) is 16.6. The first-order valence-corrected chi connectivity index (χ1v) is 13.7.